The molecule has 0 fully saturated rings. The van der Waals surface area contributed by atoms with Crippen LogP contribution in [0.1, 0.15) is 36.3 Å². The van der Waals surface area contributed by atoms with E-state index in [9.17, 15) is 4.79 Å². The molecule has 1 amide bonds. The summed E-state index contributed by atoms with van der Waals surface area (Å²) in [4.78, 5) is 17.9. The van der Waals surface area contributed by atoms with Gasteiger partial charge in [0.1, 0.15) is 5.82 Å². The minimum absolute atomic E-state index is 0.0154. The summed E-state index contributed by atoms with van der Waals surface area (Å²) in [6.45, 7) is 5.01. The maximum atomic E-state index is 11.9. The van der Waals surface area contributed by atoms with Gasteiger partial charge in [0.2, 0.25) is 0 Å². The lowest BCUT2D eigenvalue weighted by Gasteiger charge is -2.13. The largest absolute Gasteiger partial charge is 0.370 e. The molecule has 0 saturated carbocycles. The number of nitrogens with one attached hydrogen (secondary N) is 1. The zero-order valence-electron chi connectivity index (χ0n) is 11.1. The van der Waals surface area contributed by atoms with Crippen molar-refractivity contribution in [3.63, 3.8) is 0 Å². The van der Waals surface area contributed by atoms with Crippen molar-refractivity contribution < 1.29 is 4.79 Å². The molecule has 17 heavy (non-hydrogen) atoms. The number of pyridine rings is 1. The number of hydrogen-bond acceptors (Lipinski definition) is 3. The molecule has 4 nitrogen and oxygen atoms in total. The third kappa shape index (κ3) is 3.73. The lowest BCUT2D eigenvalue weighted by molar-refractivity contribution is 0.0827. The van der Waals surface area contributed by atoms with Gasteiger partial charge in [-0.3, -0.25) is 4.79 Å². The quantitative estimate of drug-likeness (QED) is 0.850. The van der Waals surface area contributed by atoms with Crippen LogP contribution in [0.15, 0.2) is 12.1 Å². The Hall–Kier alpha value is -1.58. The Morgan fingerprint density at radius 1 is 1.35 bits per heavy atom. The summed E-state index contributed by atoms with van der Waals surface area (Å²) >= 11 is 0. The minimum Gasteiger partial charge on any atom is -0.370 e. The number of aryl methyl sites for hydroxylation is 1. The molecule has 0 atom stereocenters. The van der Waals surface area contributed by atoms with E-state index >= 15 is 0 Å². The molecular formula is C13H21N3O. The molecule has 0 aromatic carbocycles. The predicted molar refractivity (Wildman–Crippen MR) is 70.4 cm³/mol. The highest BCUT2D eigenvalue weighted by atomic mass is 16.2. The van der Waals surface area contributed by atoms with Gasteiger partial charge in [-0.25, -0.2) is 4.98 Å². The van der Waals surface area contributed by atoms with E-state index in [0.29, 0.717) is 5.56 Å². The summed E-state index contributed by atoms with van der Waals surface area (Å²) in [6.07, 6.45) is 1.87. The fourth-order valence-corrected chi connectivity index (χ4v) is 1.49. The highest BCUT2D eigenvalue weighted by Crippen LogP contribution is 2.12. The van der Waals surface area contributed by atoms with Crippen molar-refractivity contribution in [3.8, 4) is 0 Å². The number of nitrogens with zero attached hydrogens (tertiary/aromatic N) is 2. The number of amides is 1. The van der Waals surface area contributed by atoms with Gasteiger partial charge in [0.05, 0.1) is 0 Å². The highest BCUT2D eigenvalue weighted by Gasteiger charge is 2.10. The van der Waals surface area contributed by atoms with Crippen LogP contribution in [-0.2, 0) is 6.42 Å². The zero-order valence-corrected chi connectivity index (χ0v) is 11.1. The number of hydrogen-bond donors (Lipinski definition) is 1. The van der Waals surface area contributed by atoms with Crippen LogP contribution in [0.2, 0.25) is 0 Å². The molecule has 1 rings (SSSR count). The first-order valence-electron chi connectivity index (χ1n) is 6.05. The lowest BCUT2D eigenvalue weighted by atomic mass is 10.1. The van der Waals surface area contributed by atoms with Gasteiger partial charge in [0.15, 0.2) is 0 Å². The van der Waals surface area contributed by atoms with Crippen molar-refractivity contribution in [2.24, 2.45) is 0 Å². The van der Waals surface area contributed by atoms with Crippen LogP contribution in [0, 0.1) is 0 Å². The number of anilines is 1. The number of aromatic nitrogens is 1. The standard InChI is InChI=1S/C13H21N3O/c1-5-7-14-12-9-10(13(17)16(3)4)8-11(6-2)15-12/h8-9H,5-7H2,1-4H3,(H,14,15). The molecule has 0 aliphatic heterocycles. The molecule has 0 unspecified atom stereocenters. The predicted octanol–water partition coefficient (Wildman–Crippen LogP) is 2.17. The first kappa shape index (κ1) is 13.5. The summed E-state index contributed by atoms with van der Waals surface area (Å²) in [7, 11) is 3.51. The molecule has 1 aromatic rings. The molecule has 1 aromatic heterocycles. The fourth-order valence-electron chi connectivity index (χ4n) is 1.49. The fraction of sp³-hybridized carbons (Fsp3) is 0.538. The number of rotatable bonds is 5. The summed E-state index contributed by atoms with van der Waals surface area (Å²) < 4.78 is 0. The van der Waals surface area contributed by atoms with Gasteiger partial charge in [-0.15, -0.1) is 0 Å². The third-order valence-corrected chi connectivity index (χ3v) is 2.45. The van der Waals surface area contributed by atoms with Crippen LogP contribution in [0.4, 0.5) is 5.82 Å². The molecule has 4 heteroatoms. The van der Waals surface area contributed by atoms with Crippen LogP contribution >= 0.6 is 0 Å². The van der Waals surface area contributed by atoms with Crippen LogP contribution in [0.5, 0.6) is 0 Å². The van der Waals surface area contributed by atoms with Crippen molar-refractivity contribution in [2.75, 3.05) is 26.0 Å². The Balaban J connectivity index is 3.00. The summed E-state index contributed by atoms with van der Waals surface area (Å²) in [5, 5.41) is 3.22. The SMILES string of the molecule is CCCNc1cc(C(=O)N(C)C)cc(CC)n1. The van der Waals surface area contributed by atoms with Crippen molar-refractivity contribution in [1.82, 2.24) is 9.88 Å². The van der Waals surface area contributed by atoms with Crippen LogP contribution < -0.4 is 5.32 Å². The number of carbonyl (C=O) groups is 1. The Bertz CT molecular complexity index is 388. The van der Waals surface area contributed by atoms with E-state index in [4.69, 9.17) is 0 Å². The maximum absolute atomic E-state index is 11.9. The Kier molecular flexibility index (Phi) is 4.94. The van der Waals surface area contributed by atoms with Crippen LogP contribution in [0.3, 0.4) is 0 Å². The van der Waals surface area contributed by atoms with Gasteiger partial charge in [-0.05, 0) is 25.0 Å². The Morgan fingerprint density at radius 3 is 2.59 bits per heavy atom. The Labute approximate surface area is 103 Å². The Morgan fingerprint density at radius 2 is 2.06 bits per heavy atom. The third-order valence-electron chi connectivity index (χ3n) is 2.45. The van der Waals surface area contributed by atoms with Gasteiger partial charge in [-0.1, -0.05) is 13.8 Å². The molecule has 1 N–H and O–H groups in total. The van der Waals surface area contributed by atoms with Gasteiger partial charge in [-0.2, -0.15) is 0 Å². The molecule has 94 valence electrons. The molecule has 0 aliphatic carbocycles. The van der Waals surface area contributed by atoms with Crippen LogP contribution in [0.25, 0.3) is 0 Å². The second-order valence-corrected chi connectivity index (χ2v) is 4.21. The summed E-state index contributed by atoms with van der Waals surface area (Å²) in [6, 6.07) is 3.68. The van der Waals surface area contributed by atoms with Gasteiger partial charge < -0.3 is 10.2 Å². The van der Waals surface area contributed by atoms with Crippen LogP contribution in [-0.4, -0.2) is 36.4 Å². The highest BCUT2D eigenvalue weighted by molar-refractivity contribution is 5.94. The molecule has 0 radical (unpaired) electrons. The topological polar surface area (TPSA) is 45.2 Å². The van der Waals surface area contributed by atoms with Crippen molar-refractivity contribution in [2.45, 2.75) is 26.7 Å². The van der Waals surface area contributed by atoms with E-state index in [1.807, 2.05) is 19.1 Å². The normalized spacial score (nSPS) is 10.1. The molecule has 0 saturated heterocycles. The second-order valence-electron chi connectivity index (χ2n) is 4.21. The second kappa shape index (κ2) is 6.23. The van der Waals surface area contributed by atoms with E-state index in [1.54, 1.807) is 19.0 Å². The van der Waals surface area contributed by atoms with E-state index in [2.05, 4.69) is 17.2 Å². The molecular weight excluding hydrogens is 214 g/mol. The molecule has 0 aliphatic rings. The zero-order chi connectivity index (χ0) is 12.8. The molecule has 0 bridgehead atoms. The summed E-state index contributed by atoms with van der Waals surface area (Å²) in [5.74, 6) is 0.804. The van der Waals surface area contributed by atoms with E-state index in [-0.39, 0.29) is 5.91 Å². The van der Waals surface area contributed by atoms with E-state index in [1.165, 1.54) is 0 Å². The maximum Gasteiger partial charge on any atom is 0.253 e. The van der Waals surface area contributed by atoms with Crippen molar-refractivity contribution in [3.05, 3.63) is 23.4 Å². The first-order valence-corrected chi connectivity index (χ1v) is 6.05. The average molecular weight is 235 g/mol. The smallest absolute Gasteiger partial charge is 0.253 e. The van der Waals surface area contributed by atoms with E-state index < -0.39 is 0 Å². The molecule has 1 heterocycles. The molecule has 0 spiro atoms. The number of carbonyl (C=O) groups excluding carboxylic acids is 1. The lowest BCUT2D eigenvalue weighted by Crippen LogP contribution is -2.22. The van der Waals surface area contributed by atoms with Crippen molar-refractivity contribution >= 4 is 11.7 Å². The minimum atomic E-state index is 0.0154. The first-order chi connectivity index (χ1) is 8.08. The van der Waals surface area contributed by atoms with E-state index in [0.717, 1.165) is 30.9 Å². The average Bonchev–Trinajstić information content (AvgIpc) is 2.34. The van der Waals surface area contributed by atoms with Gasteiger partial charge in [0, 0.05) is 31.9 Å². The monoisotopic (exact) mass is 235 g/mol. The summed E-state index contributed by atoms with van der Waals surface area (Å²) in [5.41, 5.74) is 1.64. The van der Waals surface area contributed by atoms with Gasteiger partial charge in [0.25, 0.3) is 5.91 Å². The van der Waals surface area contributed by atoms with Gasteiger partial charge >= 0.3 is 0 Å². The van der Waals surface area contributed by atoms with Crippen molar-refractivity contribution in [1.29, 1.82) is 0 Å².